The first-order valence-corrected chi connectivity index (χ1v) is 6.03. The SMILES string of the molecule is CN1C(=O)CCC(Nc2ccc(C(F)(F)F)cc2)C1=O. The number of benzene rings is 1. The molecule has 4 nitrogen and oxygen atoms in total. The van der Waals surface area contributed by atoms with Gasteiger partial charge in [-0.05, 0) is 30.7 Å². The van der Waals surface area contributed by atoms with Crippen molar-refractivity contribution >= 4 is 17.5 Å². The van der Waals surface area contributed by atoms with Gasteiger partial charge < -0.3 is 5.32 Å². The number of likely N-dealkylation sites (tertiary alicyclic amines) is 1. The Hall–Kier alpha value is -2.05. The van der Waals surface area contributed by atoms with Crippen LogP contribution in [0.2, 0.25) is 0 Å². The summed E-state index contributed by atoms with van der Waals surface area (Å²) in [4.78, 5) is 24.2. The second-order valence-corrected chi connectivity index (χ2v) is 4.60. The molecule has 2 rings (SSSR count). The van der Waals surface area contributed by atoms with Gasteiger partial charge in [0.2, 0.25) is 5.91 Å². The van der Waals surface area contributed by atoms with Crippen LogP contribution >= 0.6 is 0 Å². The van der Waals surface area contributed by atoms with Crippen molar-refractivity contribution in [3.05, 3.63) is 29.8 Å². The van der Waals surface area contributed by atoms with Gasteiger partial charge in [0.15, 0.2) is 0 Å². The minimum atomic E-state index is -4.38. The highest BCUT2D eigenvalue weighted by atomic mass is 19.4. The number of imide groups is 1. The van der Waals surface area contributed by atoms with Gasteiger partial charge in [-0.25, -0.2) is 0 Å². The molecule has 1 saturated heterocycles. The minimum Gasteiger partial charge on any atom is -0.374 e. The molecular formula is C13H13F3N2O2. The molecule has 1 heterocycles. The van der Waals surface area contributed by atoms with E-state index in [1.165, 1.54) is 19.2 Å². The molecule has 0 radical (unpaired) electrons. The van der Waals surface area contributed by atoms with Crippen LogP contribution in [0.25, 0.3) is 0 Å². The van der Waals surface area contributed by atoms with E-state index in [0.717, 1.165) is 17.0 Å². The third kappa shape index (κ3) is 2.92. The normalized spacial score (nSPS) is 20.2. The number of carbonyl (C=O) groups is 2. The Labute approximate surface area is 113 Å². The van der Waals surface area contributed by atoms with Gasteiger partial charge in [0.25, 0.3) is 5.91 Å². The Bertz CT molecular complexity index is 525. The van der Waals surface area contributed by atoms with Crippen LogP contribution in [0.4, 0.5) is 18.9 Å². The van der Waals surface area contributed by atoms with Crippen molar-refractivity contribution in [3.63, 3.8) is 0 Å². The third-order valence-corrected chi connectivity index (χ3v) is 3.20. The van der Waals surface area contributed by atoms with Crippen LogP contribution in [-0.4, -0.2) is 29.8 Å². The number of halogens is 3. The molecule has 1 unspecified atom stereocenters. The van der Waals surface area contributed by atoms with Crippen LogP contribution in [0, 0.1) is 0 Å². The molecule has 1 atom stereocenters. The van der Waals surface area contributed by atoms with Crippen molar-refractivity contribution in [1.29, 1.82) is 0 Å². The number of likely N-dealkylation sites (N-methyl/N-ethyl adjacent to an activating group) is 1. The highest BCUT2D eigenvalue weighted by Gasteiger charge is 2.32. The van der Waals surface area contributed by atoms with Gasteiger partial charge in [0, 0.05) is 19.2 Å². The van der Waals surface area contributed by atoms with E-state index in [0.29, 0.717) is 12.1 Å². The topological polar surface area (TPSA) is 49.4 Å². The summed E-state index contributed by atoms with van der Waals surface area (Å²) in [6, 6.07) is 3.85. The van der Waals surface area contributed by atoms with Crippen molar-refractivity contribution in [3.8, 4) is 0 Å². The van der Waals surface area contributed by atoms with E-state index in [4.69, 9.17) is 0 Å². The van der Waals surface area contributed by atoms with Crippen LogP contribution in [-0.2, 0) is 15.8 Å². The van der Waals surface area contributed by atoms with Gasteiger partial charge in [-0.1, -0.05) is 0 Å². The van der Waals surface area contributed by atoms with Crippen LogP contribution in [0.3, 0.4) is 0 Å². The van der Waals surface area contributed by atoms with Crippen LogP contribution in [0.5, 0.6) is 0 Å². The molecule has 0 aliphatic carbocycles. The Kier molecular flexibility index (Phi) is 3.69. The van der Waals surface area contributed by atoms with Crippen molar-refractivity contribution in [1.82, 2.24) is 4.90 Å². The number of carbonyl (C=O) groups excluding carboxylic acids is 2. The van der Waals surface area contributed by atoms with E-state index < -0.39 is 17.8 Å². The van der Waals surface area contributed by atoms with Gasteiger partial charge >= 0.3 is 6.18 Å². The highest BCUT2D eigenvalue weighted by molar-refractivity contribution is 6.01. The average Bonchev–Trinajstić information content (AvgIpc) is 2.39. The molecule has 108 valence electrons. The van der Waals surface area contributed by atoms with E-state index in [1.54, 1.807) is 0 Å². The van der Waals surface area contributed by atoms with Crippen molar-refractivity contribution in [2.24, 2.45) is 0 Å². The van der Waals surface area contributed by atoms with Crippen LogP contribution in [0.1, 0.15) is 18.4 Å². The summed E-state index contributed by atoms with van der Waals surface area (Å²) < 4.78 is 37.2. The molecule has 1 aliphatic rings. The average molecular weight is 286 g/mol. The zero-order chi connectivity index (χ0) is 14.9. The smallest absolute Gasteiger partial charge is 0.374 e. The summed E-state index contributed by atoms with van der Waals surface area (Å²) in [5.74, 6) is -0.624. The maximum absolute atomic E-state index is 12.4. The molecule has 0 saturated carbocycles. The van der Waals surface area contributed by atoms with Crippen LogP contribution in [0.15, 0.2) is 24.3 Å². The molecule has 20 heavy (non-hydrogen) atoms. The van der Waals surface area contributed by atoms with Gasteiger partial charge in [-0.2, -0.15) is 13.2 Å². The second-order valence-electron chi connectivity index (χ2n) is 4.60. The number of nitrogens with one attached hydrogen (secondary N) is 1. The third-order valence-electron chi connectivity index (χ3n) is 3.20. The Morgan fingerprint density at radius 3 is 2.35 bits per heavy atom. The van der Waals surface area contributed by atoms with E-state index in [1.807, 2.05) is 0 Å². The van der Waals surface area contributed by atoms with E-state index in [-0.39, 0.29) is 18.2 Å². The molecule has 7 heteroatoms. The quantitative estimate of drug-likeness (QED) is 0.848. The van der Waals surface area contributed by atoms with E-state index in [2.05, 4.69) is 5.32 Å². The van der Waals surface area contributed by atoms with Crippen molar-refractivity contribution in [2.45, 2.75) is 25.1 Å². The number of piperidine rings is 1. The summed E-state index contributed by atoms with van der Waals surface area (Å²) in [7, 11) is 1.39. The molecular weight excluding hydrogens is 273 g/mol. The molecule has 0 aromatic heterocycles. The maximum Gasteiger partial charge on any atom is 0.416 e. The first-order chi connectivity index (χ1) is 9.29. The molecule has 0 bridgehead atoms. The summed E-state index contributed by atoms with van der Waals surface area (Å²) >= 11 is 0. The predicted octanol–water partition coefficient (Wildman–Crippen LogP) is 2.26. The molecule has 1 aromatic rings. The monoisotopic (exact) mass is 286 g/mol. The van der Waals surface area contributed by atoms with E-state index in [9.17, 15) is 22.8 Å². The Morgan fingerprint density at radius 2 is 1.80 bits per heavy atom. The lowest BCUT2D eigenvalue weighted by atomic mass is 10.0. The number of alkyl halides is 3. The summed E-state index contributed by atoms with van der Waals surface area (Å²) in [6.45, 7) is 0. The lowest BCUT2D eigenvalue weighted by Crippen LogP contribution is -2.48. The number of hydrogen-bond donors (Lipinski definition) is 1. The lowest BCUT2D eigenvalue weighted by molar-refractivity contribution is -0.146. The summed E-state index contributed by atoms with van der Waals surface area (Å²) in [5, 5.41) is 2.85. The standard InChI is InChI=1S/C13H13F3N2O2/c1-18-11(19)7-6-10(12(18)20)17-9-4-2-8(3-5-9)13(14,15)16/h2-5,10,17H,6-7H2,1H3. The largest absolute Gasteiger partial charge is 0.416 e. The highest BCUT2D eigenvalue weighted by Crippen LogP contribution is 2.30. The number of nitrogens with zero attached hydrogens (tertiary/aromatic N) is 1. The van der Waals surface area contributed by atoms with E-state index >= 15 is 0 Å². The Balaban J connectivity index is 2.07. The van der Waals surface area contributed by atoms with Gasteiger partial charge in [0.1, 0.15) is 6.04 Å². The fraction of sp³-hybridized carbons (Fsp3) is 0.385. The second kappa shape index (κ2) is 5.15. The Morgan fingerprint density at radius 1 is 1.20 bits per heavy atom. The number of anilines is 1. The number of rotatable bonds is 2. The zero-order valence-corrected chi connectivity index (χ0v) is 10.7. The first kappa shape index (κ1) is 14.4. The molecule has 1 aromatic carbocycles. The summed E-state index contributed by atoms with van der Waals surface area (Å²) in [6.07, 6.45) is -3.81. The molecule has 1 aliphatic heterocycles. The molecule has 1 N–H and O–H groups in total. The van der Waals surface area contributed by atoms with Gasteiger partial charge in [-0.15, -0.1) is 0 Å². The number of hydrogen-bond acceptors (Lipinski definition) is 3. The fourth-order valence-electron chi connectivity index (χ4n) is 2.01. The first-order valence-electron chi connectivity index (χ1n) is 6.03. The van der Waals surface area contributed by atoms with Gasteiger partial charge in [-0.3, -0.25) is 14.5 Å². The molecule has 1 fully saturated rings. The van der Waals surface area contributed by atoms with Crippen molar-refractivity contribution < 1.29 is 22.8 Å². The lowest BCUT2D eigenvalue weighted by Gasteiger charge is -2.28. The zero-order valence-electron chi connectivity index (χ0n) is 10.7. The minimum absolute atomic E-state index is 0.237. The van der Waals surface area contributed by atoms with Crippen LogP contribution < -0.4 is 5.32 Å². The molecule has 0 spiro atoms. The molecule has 2 amide bonds. The maximum atomic E-state index is 12.4. The van der Waals surface area contributed by atoms with Crippen molar-refractivity contribution in [2.75, 3.05) is 12.4 Å². The predicted molar refractivity (Wildman–Crippen MR) is 65.9 cm³/mol. The number of amides is 2. The summed E-state index contributed by atoms with van der Waals surface area (Å²) in [5.41, 5.74) is -0.329. The fourth-order valence-corrected chi connectivity index (χ4v) is 2.01. The van der Waals surface area contributed by atoms with Gasteiger partial charge in [0.05, 0.1) is 5.56 Å².